The van der Waals surface area contributed by atoms with Crippen molar-refractivity contribution in [2.24, 2.45) is 0 Å². The highest BCUT2D eigenvalue weighted by molar-refractivity contribution is 8.00. The smallest absolute Gasteiger partial charge is 0.272 e. The van der Waals surface area contributed by atoms with Gasteiger partial charge in [0.15, 0.2) is 0 Å². The molecular formula is C34H29N3O3S2. The summed E-state index contributed by atoms with van der Waals surface area (Å²) in [6.45, 7) is 0. The van der Waals surface area contributed by atoms with Crippen LogP contribution in [0.2, 0.25) is 0 Å². The predicted octanol–water partition coefficient (Wildman–Crippen LogP) is 7.42. The predicted molar refractivity (Wildman–Crippen MR) is 171 cm³/mol. The van der Waals surface area contributed by atoms with E-state index in [-0.39, 0.29) is 23.3 Å². The van der Waals surface area contributed by atoms with Gasteiger partial charge in [0.2, 0.25) is 5.91 Å². The Kier molecular flexibility index (Phi) is 8.35. The molecule has 0 fully saturated rings. The van der Waals surface area contributed by atoms with Crippen LogP contribution in [0.15, 0.2) is 106 Å². The third-order valence-corrected chi connectivity index (χ3v) is 8.95. The molecule has 0 aliphatic heterocycles. The summed E-state index contributed by atoms with van der Waals surface area (Å²) >= 11 is 2.95. The molecule has 42 heavy (non-hydrogen) atoms. The van der Waals surface area contributed by atoms with Crippen LogP contribution in [0.1, 0.15) is 44.8 Å². The minimum atomic E-state index is -0.436. The number of amides is 2. The number of benzene rings is 3. The number of thioether (sulfide) groups is 1. The topological polar surface area (TPSA) is 80.2 Å². The monoisotopic (exact) mass is 591 g/mol. The van der Waals surface area contributed by atoms with Crippen molar-refractivity contribution in [3.8, 4) is 0 Å². The highest BCUT2D eigenvalue weighted by Gasteiger charge is 2.23. The normalized spacial score (nSPS) is 13.0. The van der Waals surface area contributed by atoms with Crippen LogP contribution in [0, 0.1) is 0 Å². The maximum absolute atomic E-state index is 13.5. The fourth-order valence-corrected chi connectivity index (χ4v) is 6.74. The standard InChI is InChI=1S/C34H29N3O3S2/c38-32(37-30-15-6-4-13-27(30)28-14-5-7-16-31(28)37)22-42-26-12-8-11-25(20-26)35-34(40)29(19-23-17-18-41-21-23)36-33(39)24-9-2-1-3-10-24/h1-4,6,8-13,15,17-21H,5,7,14,16,22H2,(H,35,40)(H,36,39)/b29-19-. The van der Waals surface area contributed by atoms with Gasteiger partial charge in [-0.05, 0) is 96.1 Å². The van der Waals surface area contributed by atoms with Crippen molar-refractivity contribution in [2.75, 3.05) is 11.1 Å². The lowest BCUT2D eigenvalue weighted by atomic mass is 9.96. The van der Waals surface area contributed by atoms with E-state index in [2.05, 4.69) is 16.7 Å². The van der Waals surface area contributed by atoms with E-state index in [9.17, 15) is 14.4 Å². The molecule has 1 aliphatic carbocycles. The molecule has 210 valence electrons. The summed E-state index contributed by atoms with van der Waals surface area (Å²) in [6, 6.07) is 26.2. The van der Waals surface area contributed by atoms with Crippen molar-refractivity contribution in [3.05, 3.63) is 124 Å². The van der Waals surface area contributed by atoms with E-state index in [4.69, 9.17) is 0 Å². The Morgan fingerprint density at radius 3 is 2.55 bits per heavy atom. The molecule has 2 aromatic heterocycles. The SMILES string of the molecule is O=C(Nc1cccc(SCC(=O)n2c3c(c4ccccc42)CCCC3)c1)/C(=C/c1ccsc1)NC(=O)c1ccccc1. The summed E-state index contributed by atoms with van der Waals surface area (Å²) in [5.74, 6) is -0.471. The summed E-state index contributed by atoms with van der Waals surface area (Å²) in [5, 5.41) is 10.7. The van der Waals surface area contributed by atoms with E-state index < -0.39 is 5.91 Å². The minimum Gasteiger partial charge on any atom is -0.321 e. The number of hydrogen-bond donors (Lipinski definition) is 2. The van der Waals surface area contributed by atoms with Gasteiger partial charge < -0.3 is 10.6 Å². The Morgan fingerprint density at radius 1 is 0.905 bits per heavy atom. The van der Waals surface area contributed by atoms with E-state index in [0.29, 0.717) is 11.3 Å². The van der Waals surface area contributed by atoms with Gasteiger partial charge in [-0.25, -0.2) is 0 Å². The van der Waals surface area contributed by atoms with Crippen LogP contribution in [0.4, 0.5) is 5.69 Å². The second-order valence-corrected chi connectivity index (χ2v) is 11.9. The molecule has 0 unspecified atom stereocenters. The number of thiophene rings is 1. The van der Waals surface area contributed by atoms with Gasteiger partial charge >= 0.3 is 0 Å². The van der Waals surface area contributed by atoms with Gasteiger partial charge in [-0.2, -0.15) is 11.3 Å². The van der Waals surface area contributed by atoms with Crippen LogP contribution in [0.5, 0.6) is 0 Å². The second-order valence-electron chi connectivity index (χ2n) is 10.1. The summed E-state index contributed by atoms with van der Waals surface area (Å²) < 4.78 is 1.92. The Hall–Kier alpha value is -4.40. The Morgan fingerprint density at radius 2 is 1.71 bits per heavy atom. The molecule has 2 heterocycles. The number of nitrogens with zero attached hydrogens (tertiary/aromatic N) is 1. The van der Waals surface area contributed by atoms with Crippen LogP contribution < -0.4 is 10.6 Å². The average molecular weight is 592 g/mol. The van der Waals surface area contributed by atoms with Crippen LogP contribution >= 0.6 is 23.1 Å². The Labute approximate surface area is 252 Å². The Bertz CT molecular complexity index is 1790. The molecule has 0 saturated carbocycles. The molecule has 1 aliphatic rings. The third-order valence-electron chi connectivity index (χ3n) is 7.27. The maximum atomic E-state index is 13.5. The van der Waals surface area contributed by atoms with E-state index in [1.54, 1.807) is 36.4 Å². The van der Waals surface area contributed by atoms with E-state index in [1.807, 2.05) is 63.9 Å². The first-order chi connectivity index (χ1) is 20.6. The van der Waals surface area contributed by atoms with Crippen molar-refractivity contribution in [1.29, 1.82) is 0 Å². The highest BCUT2D eigenvalue weighted by Crippen LogP contribution is 2.33. The van der Waals surface area contributed by atoms with Crippen LogP contribution in [0.3, 0.4) is 0 Å². The number of carbonyl (C=O) groups is 3. The molecule has 3 aromatic carbocycles. The maximum Gasteiger partial charge on any atom is 0.272 e. The molecule has 0 atom stereocenters. The van der Waals surface area contributed by atoms with Gasteiger partial charge in [0.1, 0.15) is 5.70 Å². The molecule has 0 radical (unpaired) electrons. The van der Waals surface area contributed by atoms with Gasteiger partial charge in [-0.15, -0.1) is 11.8 Å². The molecule has 5 aromatic rings. The first-order valence-corrected chi connectivity index (χ1v) is 15.8. The van der Waals surface area contributed by atoms with Gasteiger partial charge in [0, 0.05) is 27.2 Å². The van der Waals surface area contributed by atoms with Crippen molar-refractivity contribution < 1.29 is 14.4 Å². The minimum absolute atomic E-state index is 0.0541. The molecule has 6 rings (SSSR count). The number of anilines is 1. The van der Waals surface area contributed by atoms with Crippen molar-refractivity contribution in [2.45, 2.75) is 30.6 Å². The zero-order chi connectivity index (χ0) is 28.9. The number of carbonyl (C=O) groups excluding carboxylic acids is 3. The number of nitrogens with one attached hydrogen (secondary N) is 2. The molecular weight excluding hydrogens is 563 g/mol. The average Bonchev–Trinajstić information content (AvgIpc) is 3.66. The third kappa shape index (κ3) is 6.10. The van der Waals surface area contributed by atoms with Crippen LogP contribution in [-0.4, -0.2) is 28.0 Å². The number of aromatic nitrogens is 1. The van der Waals surface area contributed by atoms with E-state index in [1.165, 1.54) is 34.0 Å². The lowest BCUT2D eigenvalue weighted by Crippen LogP contribution is -2.30. The summed E-state index contributed by atoms with van der Waals surface area (Å²) in [4.78, 5) is 40.6. The van der Waals surface area contributed by atoms with Gasteiger partial charge in [-0.1, -0.05) is 42.5 Å². The number of fused-ring (bicyclic) bond motifs is 3. The first kappa shape index (κ1) is 27.8. The molecule has 0 spiro atoms. The number of aryl methyl sites for hydroxylation is 1. The van der Waals surface area contributed by atoms with Gasteiger partial charge in [-0.3, -0.25) is 19.0 Å². The zero-order valence-electron chi connectivity index (χ0n) is 22.8. The highest BCUT2D eigenvalue weighted by atomic mass is 32.2. The molecule has 0 saturated heterocycles. The first-order valence-electron chi connectivity index (χ1n) is 13.9. The summed E-state index contributed by atoms with van der Waals surface area (Å²) in [5.41, 5.74) is 5.44. The summed E-state index contributed by atoms with van der Waals surface area (Å²) in [6.07, 6.45) is 5.85. The van der Waals surface area contributed by atoms with Crippen LogP contribution in [0.25, 0.3) is 17.0 Å². The number of rotatable bonds is 8. The van der Waals surface area contributed by atoms with Crippen molar-refractivity contribution in [1.82, 2.24) is 9.88 Å². The second kappa shape index (κ2) is 12.6. The molecule has 0 bridgehead atoms. The van der Waals surface area contributed by atoms with Crippen molar-refractivity contribution >= 4 is 63.5 Å². The number of hydrogen-bond acceptors (Lipinski definition) is 5. The van der Waals surface area contributed by atoms with E-state index >= 15 is 0 Å². The summed E-state index contributed by atoms with van der Waals surface area (Å²) in [7, 11) is 0. The molecule has 8 heteroatoms. The fraction of sp³-hybridized carbons (Fsp3) is 0.147. The Balaban J connectivity index is 1.17. The molecule has 2 amide bonds. The number of para-hydroxylation sites is 1. The fourth-order valence-electron chi connectivity index (χ4n) is 5.32. The molecule has 6 nitrogen and oxygen atoms in total. The van der Waals surface area contributed by atoms with Gasteiger partial charge in [0.25, 0.3) is 11.8 Å². The lowest BCUT2D eigenvalue weighted by Gasteiger charge is -2.15. The quantitative estimate of drug-likeness (QED) is 0.145. The largest absolute Gasteiger partial charge is 0.321 e. The van der Waals surface area contributed by atoms with Crippen LogP contribution in [-0.2, 0) is 17.6 Å². The van der Waals surface area contributed by atoms with Gasteiger partial charge in [0.05, 0.1) is 11.3 Å². The zero-order valence-corrected chi connectivity index (χ0v) is 24.5. The van der Waals surface area contributed by atoms with Crippen molar-refractivity contribution in [3.63, 3.8) is 0 Å². The lowest BCUT2D eigenvalue weighted by molar-refractivity contribution is -0.113. The molecule has 2 N–H and O–H groups in total. The van der Waals surface area contributed by atoms with E-state index in [0.717, 1.165) is 47.4 Å².